The van der Waals surface area contributed by atoms with Crippen LogP contribution in [-0.2, 0) is 0 Å². The molecule has 3 aromatic rings. The van der Waals surface area contributed by atoms with Crippen molar-refractivity contribution in [1.29, 1.82) is 0 Å². The van der Waals surface area contributed by atoms with Crippen LogP contribution in [0.25, 0.3) is 22.4 Å². The van der Waals surface area contributed by atoms with Crippen molar-refractivity contribution in [3.63, 3.8) is 0 Å². The summed E-state index contributed by atoms with van der Waals surface area (Å²) in [6.07, 6.45) is 3.12. The lowest BCUT2D eigenvalue weighted by Crippen LogP contribution is -2.28. The minimum absolute atomic E-state index is 0.341. The Morgan fingerprint density at radius 2 is 1.78 bits per heavy atom. The van der Waals surface area contributed by atoms with E-state index >= 15 is 0 Å². The lowest BCUT2D eigenvalue weighted by Gasteiger charge is -2.17. The molecule has 1 aromatic heterocycles. The van der Waals surface area contributed by atoms with Crippen molar-refractivity contribution < 1.29 is 9.53 Å². The fraction of sp³-hybridized carbons (Fsp3) is 0.286. The van der Waals surface area contributed by atoms with Crippen LogP contribution in [0.3, 0.4) is 0 Å². The quantitative estimate of drug-likeness (QED) is 0.462. The highest BCUT2D eigenvalue weighted by atomic mass is 16.5. The maximum atomic E-state index is 11.2. The number of aromatic nitrogens is 1. The van der Waals surface area contributed by atoms with Crippen LogP contribution in [0.15, 0.2) is 48.5 Å². The summed E-state index contributed by atoms with van der Waals surface area (Å²) in [4.78, 5) is 15.8. The molecule has 1 unspecified atom stereocenters. The van der Waals surface area contributed by atoms with E-state index in [1.54, 1.807) is 6.07 Å². The van der Waals surface area contributed by atoms with Crippen LogP contribution in [0.1, 0.15) is 39.9 Å². The number of pyridine rings is 1. The van der Waals surface area contributed by atoms with Crippen LogP contribution in [0.5, 0.6) is 5.88 Å². The molecule has 0 amide bonds. The molecule has 0 saturated carbocycles. The Hall–Kier alpha value is -3.42. The van der Waals surface area contributed by atoms with E-state index in [4.69, 9.17) is 4.74 Å². The number of hydrogen-bond donors (Lipinski definition) is 1. The Morgan fingerprint density at radius 3 is 2.50 bits per heavy atom. The van der Waals surface area contributed by atoms with E-state index < -0.39 is 0 Å². The van der Waals surface area contributed by atoms with Crippen LogP contribution in [0.2, 0.25) is 0 Å². The van der Waals surface area contributed by atoms with Gasteiger partial charge in [0.15, 0.2) is 6.29 Å². The van der Waals surface area contributed by atoms with Crippen LogP contribution < -0.4 is 10.1 Å². The molecule has 4 rings (SSSR count). The average Bonchev–Trinajstić information content (AvgIpc) is 2.84. The third kappa shape index (κ3) is 4.44. The van der Waals surface area contributed by atoms with E-state index in [1.807, 2.05) is 12.1 Å². The van der Waals surface area contributed by atoms with E-state index in [0.29, 0.717) is 17.4 Å². The number of ether oxygens (including phenoxy) is 1. The van der Waals surface area contributed by atoms with Gasteiger partial charge in [-0.2, -0.15) is 0 Å². The molecule has 32 heavy (non-hydrogen) atoms. The minimum Gasteiger partial charge on any atom is -0.480 e. The predicted molar refractivity (Wildman–Crippen MR) is 129 cm³/mol. The van der Waals surface area contributed by atoms with E-state index in [-0.39, 0.29) is 0 Å². The summed E-state index contributed by atoms with van der Waals surface area (Å²) in [6.45, 7) is 6.33. The van der Waals surface area contributed by atoms with Crippen LogP contribution in [0, 0.1) is 31.6 Å². The normalized spacial score (nSPS) is 15.5. The molecule has 4 heteroatoms. The van der Waals surface area contributed by atoms with Gasteiger partial charge in [0.05, 0.1) is 18.4 Å². The van der Waals surface area contributed by atoms with Crippen molar-refractivity contribution >= 4 is 6.29 Å². The number of benzene rings is 2. The van der Waals surface area contributed by atoms with Gasteiger partial charge in [-0.25, -0.2) is 4.98 Å². The SMILES string of the molecule is COc1nc(-c2cccc(-c3cccc(C#CC4CCCNC4)c3C)c2C)ccc1C=O. The van der Waals surface area contributed by atoms with Crippen molar-refractivity contribution in [3.05, 3.63) is 70.8 Å². The van der Waals surface area contributed by atoms with Gasteiger partial charge in [-0.3, -0.25) is 4.79 Å². The fourth-order valence-corrected chi connectivity index (χ4v) is 4.28. The Kier molecular flexibility index (Phi) is 6.68. The molecule has 2 aromatic carbocycles. The van der Waals surface area contributed by atoms with E-state index in [9.17, 15) is 4.79 Å². The zero-order chi connectivity index (χ0) is 22.5. The monoisotopic (exact) mass is 424 g/mol. The Balaban J connectivity index is 1.73. The van der Waals surface area contributed by atoms with Crippen molar-refractivity contribution in [3.8, 4) is 40.1 Å². The molecule has 0 aliphatic carbocycles. The first kappa shape index (κ1) is 21.8. The number of methoxy groups -OCH3 is 1. The number of aldehydes is 1. The second kappa shape index (κ2) is 9.80. The molecule has 0 spiro atoms. The molecule has 2 heterocycles. The van der Waals surface area contributed by atoms with Gasteiger partial charge in [-0.1, -0.05) is 42.2 Å². The summed E-state index contributed by atoms with van der Waals surface area (Å²) < 4.78 is 5.30. The largest absolute Gasteiger partial charge is 0.480 e. The van der Waals surface area contributed by atoms with Crippen LogP contribution in [0.4, 0.5) is 0 Å². The van der Waals surface area contributed by atoms with Gasteiger partial charge in [0.1, 0.15) is 0 Å². The number of hydrogen-bond acceptors (Lipinski definition) is 4. The highest BCUT2D eigenvalue weighted by Gasteiger charge is 2.14. The van der Waals surface area contributed by atoms with Gasteiger partial charge in [-0.05, 0) is 73.7 Å². The molecular weight excluding hydrogens is 396 g/mol. The fourth-order valence-electron chi connectivity index (χ4n) is 4.28. The maximum absolute atomic E-state index is 11.2. The summed E-state index contributed by atoms with van der Waals surface area (Å²) in [5.74, 6) is 7.67. The zero-order valence-electron chi connectivity index (χ0n) is 18.9. The molecule has 1 aliphatic heterocycles. The van der Waals surface area contributed by atoms with Gasteiger partial charge >= 0.3 is 0 Å². The summed E-state index contributed by atoms with van der Waals surface area (Å²) in [5.41, 5.74) is 7.97. The summed E-state index contributed by atoms with van der Waals surface area (Å²) >= 11 is 0. The van der Waals surface area contributed by atoms with Crippen LogP contribution in [-0.4, -0.2) is 31.5 Å². The first-order chi connectivity index (χ1) is 15.6. The molecule has 4 nitrogen and oxygen atoms in total. The number of nitrogens with zero attached hydrogens (tertiary/aromatic N) is 1. The highest BCUT2D eigenvalue weighted by molar-refractivity contribution is 5.82. The number of rotatable bonds is 4. The third-order valence-electron chi connectivity index (χ3n) is 6.15. The minimum atomic E-state index is 0.341. The van der Waals surface area contributed by atoms with Crippen molar-refractivity contribution in [2.24, 2.45) is 5.92 Å². The summed E-state index contributed by atoms with van der Waals surface area (Å²) in [7, 11) is 1.53. The predicted octanol–water partition coefficient (Wildman–Crippen LogP) is 5.20. The number of nitrogens with one attached hydrogen (secondary N) is 1. The van der Waals surface area contributed by atoms with E-state index in [2.05, 4.69) is 66.3 Å². The number of carbonyl (C=O) groups excluding carboxylic acids is 1. The lowest BCUT2D eigenvalue weighted by atomic mass is 9.90. The van der Waals surface area contributed by atoms with E-state index in [1.165, 1.54) is 31.1 Å². The van der Waals surface area contributed by atoms with Crippen LogP contribution >= 0.6 is 0 Å². The second-order valence-corrected chi connectivity index (χ2v) is 8.18. The van der Waals surface area contributed by atoms with E-state index in [0.717, 1.165) is 47.3 Å². The summed E-state index contributed by atoms with van der Waals surface area (Å²) in [6, 6.07) is 16.2. The first-order valence-electron chi connectivity index (χ1n) is 11.0. The molecule has 1 saturated heterocycles. The molecule has 0 radical (unpaired) electrons. The number of carbonyl (C=O) groups is 1. The average molecular weight is 425 g/mol. The second-order valence-electron chi connectivity index (χ2n) is 8.18. The first-order valence-corrected chi connectivity index (χ1v) is 11.0. The van der Waals surface area contributed by atoms with Gasteiger partial charge < -0.3 is 10.1 Å². The lowest BCUT2D eigenvalue weighted by molar-refractivity contribution is 0.112. The highest BCUT2D eigenvalue weighted by Crippen LogP contribution is 2.34. The maximum Gasteiger partial charge on any atom is 0.224 e. The third-order valence-corrected chi connectivity index (χ3v) is 6.15. The molecule has 1 atom stereocenters. The zero-order valence-corrected chi connectivity index (χ0v) is 18.9. The molecule has 1 N–H and O–H groups in total. The molecule has 162 valence electrons. The van der Waals surface area contributed by atoms with Gasteiger partial charge in [0, 0.05) is 23.6 Å². The smallest absolute Gasteiger partial charge is 0.224 e. The molecule has 1 aliphatic rings. The van der Waals surface area contributed by atoms with Gasteiger partial charge in [0.25, 0.3) is 0 Å². The van der Waals surface area contributed by atoms with Gasteiger partial charge in [-0.15, -0.1) is 0 Å². The standard InChI is InChI=1S/C28H28N2O2/c1-19-22(13-12-21-7-6-16-29-17-21)8-4-9-24(19)25-10-5-11-26(20(25)2)27-15-14-23(18-31)28(30-27)32-3/h4-5,8-11,14-15,18,21,29H,6-7,16-17H2,1-3H3. The Bertz CT molecular complexity index is 1200. The summed E-state index contributed by atoms with van der Waals surface area (Å²) in [5, 5.41) is 3.43. The number of piperidine rings is 1. The van der Waals surface area contributed by atoms with Crippen molar-refractivity contribution in [1.82, 2.24) is 10.3 Å². The Labute approximate surface area is 190 Å². The molecular formula is C28H28N2O2. The van der Waals surface area contributed by atoms with Crippen molar-refractivity contribution in [2.45, 2.75) is 26.7 Å². The topological polar surface area (TPSA) is 51.2 Å². The van der Waals surface area contributed by atoms with Crippen molar-refractivity contribution in [2.75, 3.05) is 20.2 Å². The van der Waals surface area contributed by atoms with Gasteiger partial charge in [0.2, 0.25) is 5.88 Å². The molecule has 1 fully saturated rings. The Morgan fingerprint density at radius 1 is 1.03 bits per heavy atom. The molecule has 0 bridgehead atoms.